The molecule has 5 nitrogen and oxygen atoms in total. The molecule has 21 heavy (non-hydrogen) atoms. The van der Waals surface area contributed by atoms with Crippen LogP contribution in [0.3, 0.4) is 0 Å². The van der Waals surface area contributed by atoms with Gasteiger partial charge in [0, 0.05) is 11.4 Å². The van der Waals surface area contributed by atoms with E-state index in [0.29, 0.717) is 16.9 Å². The van der Waals surface area contributed by atoms with Gasteiger partial charge in [-0.15, -0.1) is 0 Å². The largest absolute Gasteiger partial charge is 0.452 e. The van der Waals surface area contributed by atoms with Crippen molar-refractivity contribution in [2.75, 3.05) is 17.7 Å². The lowest BCUT2D eigenvalue weighted by Gasteiger charge is -2.08. The Morgan fingerprint density at radius 1 is 1.14 bits per heavy atom. The zero-order valence-corrected chi connectivity index (χ0v) is 11.6. The van der Waals surface area contributed by atoms with E-state index in [0.717, 1.165) is 5.56 Å². The second-order valence-corrected chi connectivity index (χ2v) is 4.56. The molecule has 2 rings (SSSR count). The van der Waals surface area contributed by atoms with Gasteiger partial charge in [-0.25, -0.2) is 4.79 Å². The van der Waals surface area contributed by atoms with Gasteiger partial charge in [0.05, 0.1) is 5.56 Å². The fourth-order valence-electron chi connectivity index (χ4n) is 1.78. The van der Waals surface area contributed by atoms with Crippen molar-refractivity contribution in [3.05, 3.63) is 59.7 Å². The molecule has 0 heterocycles. The van der Waals surface area contributed by atoms with Crippen LogP contribution < -0.4 is 11.1 Å². The van der Waals surface area contributed by atoms with Crippen LogP contribution in [0.5, 0.6) is 0 Å². The summed E-state index contributed by atoms with van der Waals surface area (Å²) in [6.07, 6.45) is 0. The second kappa shape index (κ2) is 6.56. The van der Waals surface area contributed by atoms with Crippen molar-refractivity contribution in [3.8, 4) is 0 Å². The normalized spacial score (nSPS) is 9.95. The van der Waals surface area contributed by atoms with Crippen molar-refractivity contribution < 1.29 is 14.3 Å². The lowest BCUT2D eigenvalue weighted by Crippen LogP contribution is -2.21. The second-order valence-electron chi connectivity index (χ2n) is 4.56. The maximum absolute atomic E-state index is 11.8. The molecule has 2 aromatic rings. The molecule has 0 spiro atoms. The number of para-hydroxylation sites is 1. The molecule has 0 radical (unpaired) electrons. The Morgan fingerprint density at radius 2 is 1.90 bits per heavy atom. The molecule has 0 bridgehead atoms. The summed E-state index contributed by atoms with van der Waals surface area (Å²) in [5.74, 6) is -0.969. The predicted molar refractivity (Wildman–Crippen MR) is 80.9 cm³/mol. The van der Waals surface area contributed by atoms with E-state index in [1.807, 2.05) is 25.1 Å². The standard InChI is InChI=1S/C16H16N2O3/c1-11-5-2-3-8-14(11)18-15(19)10-21-16(20)12-6-4-7-13(17)9-12/h2-9H,10,17H2,1H3,(H,18,19). The minimum Gasteiger partial charge on any atom is -0.452 e. The van der Waals surface area contributed by atoms with Gasteiger partial charge in [-0.05, 0) is 36.8 Å². The number of aryl methyl sites for hydroxylation is 1. The Hall–Kier alpha value is -2.82. The highest BCUT2D eigenvalue weighted by Gasteiger charge is 2.11. The monoisotopic (exact) mass is 284 g/mol. The van der Waals surface area contributed by atoms with Gasteiger partial charge in [-0.1, -0.05) is 24.3 Å². The van der Waals surface area contributed by atoms with E-state index < -0.39 is 5.97 Å². The average Bonchev–Trinajstić information content (AvgIpc) is 2.47. The molecule has 0 saturated heterocycles. The first-order chi connectivity index (χ1) is 10.1. The number of esters is 1. The average molecular weight is 284 g/mol. The molecule has 2 aromatic carbocycles. The lowest BCUT2D eigenvalue weighted by molar-refractivity contribution is -0.119. The quantitative estimate of drug-likeness (QED) is 0.667. The topological polar surface area (TPSA) is 81.4 Å². The highest BCUT2D eigenvalue weighted by atomic mass is 16.5. The predicted octanol–water partition coefficient (Wildman–Crippen LogP) is 2.37. The highest BCUT2D eigenvalue weighted by molar-refractivity contribution is 5.96. The van der Waals surface area contributed by atoms with Gasteiger partial charge < -0.3 is 15.8 Å². The molecule has 0 aliphatic heterocycles. The van der Waals surface area contributed by atoms with E-state index in [-0.39, 0.29) is 12.5 Å². The maximum atomic E-state index is 11.8. The van der Waals surface area contributed by atoms with Crippen molar-refractivity contribution in [3.63, 3.8) is 0 Å². The number of ether oxygens (including phenoxy) is 1. The Balaban J connectivity index is 1.90. The summed E-state index contributed by atoms with van der Waals surface area (Å²) >= 11 is 0. The van der Waals surface area contributed by atoms with Gasteiger partial charge in [-0.3, -0.25) is 4.79 Å². The van der Waals surface area contributed by atoms with Crippen LogP contribution in [0, 0.1) is 6.92 Å². The van der Waals surface area contributed by atoms with Crippen LogP contribution in [0.4, 0.5) is 11.4 Å². The van der Waals surface area contributed by atoms with Crippen molar-refractivity contribution in [1.29, 1.82) is 0 Å². The SMILES string of the molecule is Cc1ccccc1NC(=O)COC(=O)c1cccc(N)c1. The first kappa shape index (κ1) is 14.6. The maximum Gasteiger partial charge on any atom is 0.338 e. The molecule has 0 saturated carbocycles. The number of nitrogens with two attached hydrogens (primary N) is 1. The van der Waals surface area contributed by atoms with Crippen molar-refractivity contribution in [2.45, 2.75) is 6.92 Å². The van der Waals surface area contributed by atoms with Crippen LogP contribution in [0.2, 0.25) is 0 Å². The number of anilines is 2. The zero-order chi connectivity index (χ0) is 15.2. The molecular formula is C16H16N2O3. The minimum atomic E-state index is -0.581. The number of amides is 1. The number of rotatable bonds is 4. The van der Waals surface area contributed by atoms with E-state index >= 15 is 0 Å². The lowest BCUT2D eigenvalue weighted by atomic mass is 10.2. The Labute approximate surface area is 122 Å². The molecular weight excluding hydrogens is 268 g/mol. The number of carbonyl (C=O) groups is 2. The highest BCUT2D eigenvalue weighted by Crippen LogP contribution is 2.13. The van der Waals surface area contributed by atoms with Crippen LogP contribution in [0.15, 0.2) is 48.5 Å². The van der Waals surface area contributed by atoms with Gasteiger partial charge in [0.1, 0.15) is 0 Å². The molecule has 1 amide bonds. The van der Waals surface area contributed by atoms with Gasteiger partial charge in [-0.2, -0.15) is 0 Å². The van der Waals surface area contributed by atoms with E-state index in [9.17, 15) is 9.59 Å². The smallest absolute Gasteiger partial charge is 0.338 e. The number of benzene rings is 2. The van der Waals surface area contributed by atoms with E-state index in [2.05, 4.69) is 5.32 Å². The van der Waals surface area contributed by atoms with Crippen molar-refractivity contribution in [1.82, 2.24) is 0 Å². The first-order valence-corrected chi connectivity index (χ1v) is 6.44. The number of nitrogens with one attached hydrogen (secondary N) is 1. The summed E-state index contributed by atoms with van der Waals surface area (Å²) in [4.78, 5) is 23.5. The van der Waals surface area contributed by atoms with Crippen LogP contribution in [-0.4, -0.2) is 18.5 Å². The summed E-state index contributed by atoms with van der Waals surface area (Å²) in [5, 5.41) is 2.69. The molecule has 108 valence electrons. The number of hydrogen-bond donors (Lipinski definition) is 2. The third kappa shape index (κ3) is 4.07. The van der Waals surface area contributed by atoms with E-state index in [1.165, 1.54) is 6.07 Å². The van der Waals surface area contributed by atoms with Gasteiger partial charge in [0.15, 0.2) is 6.61 Å². The molecule has 0 unspecified atom stereocenters. The fraction of sp³-hybridized carbons (Fsp3) is 0.125. The van der Waals surface area contributed by atoms with Gasteiger partial charge >= 0.3 is 5.97 Å². The van der Waals surface area contributed by atoms with Crippen LogP contribution in [-0.2, 0) is 9.53 Å². The third-order valence-corrected chi connectivity index (χ3v) is 2.88. The minimum absolute atomic E-state index is 0.318. The van der Waals surface area contributed by atoms with Crippen LogP contribution >= 0.6 is 0 Å². The molecule has 0 aromatic heterocycles. The molecule has 0 fully saturated rings. The van der Waals surface area contributed by atoms with Crippen molar-refractivity contribution in [2.24, 2.45) is 0 Å². The first-order valence-electron chi connectivity index (χ1n) is 6.44. The Bertz CT molecular complexity index is 668. The molecule has 0 aliphatic rings. The van der Waals surface area contributed by atoms with Crippen LogP contribution in [0.1, 0.15) is 15.9 Å². The van der Waals surface area contributed by atoms with E-state index in [4.69, 9.17) is 10.5 Å². The molecule has 5 heteroatoms. The summed E-state index contributed by atoms with van der Waals surface area (Å²) in [6, 6.07) is 13.8. The third-order valence-electron chi connectivity index (χ3n) is 2.88. The summed E-state index contributed by atoms with van der Waals surface area (Å²) in [7, 11) is 0. The summed E-state index contributed by atoms with van der Waals surface area (Å²) in [6.45, 7) is 1.54. The van der Waals surface area contributed by atoms with Crippen LogP contribution in [0.25, 0.3) is 0 Å². The summed E-state index contributed by atoms with van der Waals surface area (Å²) < 4.78 is 4.95. The molecule has 0 aliphatic carbocycles. The Kier molecular flexibility index (Phi) is 4.56. The zero-order valence-electron chi connectivity index (χ0n) is 11.6. The number of hydrogen-bond acceptors (Lipinski definition) is 4. The fourth-order valence-corrected chi connectivity index (χ4v) is 1.78. The number of carbonyl (C=O) groups excluding carboxylic acids is 2. The summed E-state index contributed by atoms with van der Waals surface area (Å²) in [5.41, 5.74) is 8.00. The van der Waals surface area contributed by atoms with Gasteiger partial charge in [0.25, 0.3) is 5.91 Å². The molecule has 3 N–H and O–H groups in total. The van der Waals surface area contributed by atoms with Crippen molar-refractivity contribution >= 4 is 23.3 Å². The molecule has 0 atom stereocenters. The Morgan fingerprint density at radius 3 is 2.62 bits per heavy atom. The number of nitrogen functional groups attached to an aromatic ring is 1. The van der Waals surface area contributed by atoms with E-state index in [1.54, 1.807) is 24.3 Å². The van der Waals surface area contributed by atoms with Gasteiger partial charge in [0.2, 0.25) is 0 Å².